The van der Waals surface area contributed by atoms with Crippen LogP contribution in [0.5, 0.6) is 0 Å². The standard InChI is InChI=1S/C20H18N2O2/c21-19-9-5-4-8-18(19)16-10-12-17(13-11-16)22-20(23)24-14-15-6-2-1-3-7-15/h1-13H,14,21H2,(H,22,23). The Morgan fingerprint density at radius 1 is 0.875 bits per heavy atom. The lowest BCUT2D eigenvalue weighted by Gasteiger charge is -2.09. The Morgan fingerprint density at radius 2 is 1.54 bits per heavy atom. The first-order valence-electron chi connectivity index (χ1n) is 7.65. The Morgan fingerprint density at radius 3 is 2.25 bits per heavy atom. The maximum atomic E-state index is 11.8. The maximum absolute atomic E-state index is 11.8. The maximum Gasteiger partial charge on any atom is 0.411 e. The molecular weight excluding hydrogens is 300 g/mol. The van der Waals surface area contributed by atoms with Crippen LogP contribution in [0, 0.1) is 0 Å². The van der Waals surface area contributed by atoms with Gasteiger partial charge in [-0.1, -0.05) is 60.7 Å². The van der Waals surface area contributed by atoms with Crippen molar-refractivity contribution in [3.8, 4) is 11.1 Å². The summed E-state index contributed by atoms with van der Waals surface area (Å²) in [5.41, 5.74) is 10.3. The summed E-state index contributed by atoms with van der Waals surface area (Å²) < 4.78 is 5.20. The largest absolute Gasteiger partial charge is 0.444 e. The lowest BCUT2D eigenvalue weighted by molar-refractivity contribution is 0.155. The lowest BCUT2D eigenvalue weighted by Crippen LogP contribution is -2.13. The van der Waals surface area contributed by atoms with Crippen LogP contribution in [0.2, 0.25) is 0 Å². The molecule has 0 heterocycles. The molecule has 0 bridgehead atoms. The molecule has 0 aliphatic carbocycles. The first kappa shape index (κ1) is 15.6. The second-order valence-corrected chi connectivity index (χ2v) is 5.35. The topological polar surface area (TPSA) is 64.3 Å². The quantitative estimate of drug-likeness (QED) is 0.686. The predicted octanol–water partition coefficient (Wildman–Crippen LogP) is 4.68. The molecule has 0 atom stereocenters. The van der Waals surface area contributed by atoms with Crippen LogP contribution >= 0.6 is 0 Å². The van der Waals surface area contributed by atoms with Crippen LogP contribution < -0.4 is 11.1 Å². The molecule has 0 saturated carbocycles. The first-order valence-corrected chi connectivity index (χ1v) is 7.65. The highest BCUT2D eigenvalue weighted by Gasteiger charge is 2.05. The average Bonchev–Trinajstić information content (AvgIpc) is 2.62. The van der Waals surface area contributed by atoms with Gasteiger partial charge in [0.1, 0.15) is 6.61 Å². The van der Waals surface area contributed by atoms with Gasteiger partial charge in [0.15, 0.2) is 0 Å². The van der Waals surface area contributed by atoms with Gasteiger partial charge >= 0.3 is 6.09 Å². The molecule has 120 valence electrons. The molecule has 0 aliphatic rings. The fourth-order valence-corrected chi connectivity index (χ4v) is 2.37. The van der Waals surface area contributed by atoms with Gasteiger partial charge in [-0.2, -0.15) is 0 Å². The van der Waals surface area contributed by atoms with E-state index in [2.05, 4.69) is 5.32 Å². The number of benzene rings is 3. The number of hydrogen-bond acceptors (Lipinski definition) is 3. The SMILES string of the molecule is Nc1ccccc1-c1ccc(NC(=O)OCc2ccccc2)cc1. The molecule has 0 saturated heterocycles. The van der Waals surface area contributed by atoms with Gasteiger partial charge in [-0.3, -0.25) is 5.32 Å². The molecule has 3 aromatic rings. The molecule has 0 radical (unpaired) electrons. The highest BCUT2D eigenvalue weighted by molar-refractivity contribution is 5.85. The molecule has 4 nitrogen and oxygen atoms in total. The van der Waals surface area contributed by atoms with Crippen LogP contribution in [0.4, 0.5) is 16.2 Å². The smallest absolute Gasteiger partial charge is 0.411 e. The number of rotatable bonds is 4. The van der Waals surface area contributed by atoms with Gasteiger partial charge in [-0.25, -0.2) is 4.79 Å². The summed E-state index contributed by atoms with van der Waals surface area (Å²) >= 11 is 0. The molecule has 0 spiro atoms. The summed E-state index contributed by atoms with van der Waals surface area (Å²) in [7, 11) is 0. The van der Waals surface area contributed by atoms with Crippen LogP contribution in [0.3, 0.4) is 0 Å². The first-order chi connectivity index (χ1) is 11.7. The number of hydrogen-bond donors (Lipinski definition) is 2. The Labute approximate surface area is 140 Å². The van der Waals surface area contributed by atoms with Crippen LogP contribution in [-0.4, -0.2) is 6.09 Å². The van der Waals surface area contributed by atoms with Crippen molar-refractivity contribution in [2.75, 3.05) is 11.1 Å². The third kappa shape index (κ3) is 3.93. The zero-order valence-corrected chi connectivity index (χ0v) is 13.1. The minimum atomic E-state index is -0.481. The van der Waals surface area contributed by atoms with E-state index in [0.717, 1.165) is 22.4 Å². The molecule has 3 aromatic carbocycles. The number of para-hydroxylation sites is 1. The van der Waals surface area contributed by atoms with Gasteiger partial charge in [-0.05, 0) is 29.3 Å². The summed E-state index contributed by atoms with van der Waals surface area (Å²) in [5.74, 6) is 0. The van der Waals surface area contributed by atoms with E-state index in [-0.39, 0.29) is 6.61 Å². The summed E-state index contributed by atoms with van der Waals surface area (Å²) in [6.45, 7) is 0.241. The van der Waals surface area contributed by atoms with Crippen molar-refractivity contribution in [1.82, 2.24) is 0 Å². The molecule has 3 rings (SSSR count). The van der Waals surface area contributed by atoms with Crippen LogP contribution in [0.15, 0.2) is 78.9 Å². The summed E-state index contributed by atoms with van der Waals surface area (Å²) in [6, 6.07) is 24.7. The van der Waals surface area contributed by atoms with Gasteiger partial charge in [-0.15, -0.1) is 0 Å². The van der Waals surface area contributed by atoms with Gasteiger partial charge in [0.05, 0.1) is 0 Å². The number of nitrogens with one attached hydrogen (secondary N) is 1. The molecule has 0 aliphatic heterocycles. The second-order valence-electron chi connectivity index (χ2n) is 5.35. The average molecular weight is 318 g/mol. The van der Waals surface area contributed by atoms with E-state index >= 15 is 0 Å². The van der Waals surface area contributed by atoms with E-state index in [1.807, 2.05) is 78.9 Å². The highest BCUT2D eigenvalue weighted by atomic mass is 16.5. The lowest BCUT2D eigenvalue weighted by atomic mass is 10.0. The van der Waals surface area contributed by atoms with Crippen molar-refractivity contribution in [2.45, 2.75) is 6.61 Å². The number of carbonyl (C=O) groups is 1. The number of nitrogen functional groups attached to an aromatic ring is 1. The van der Waals surface area contributed by atoms with Crippen molar-refractivity contribution < 1.29 is 9.53 Å². The number of amides is 1. The van der Waals surface area contributed by atoms with Crippen molar-refractivity contribution in [2.24, 2.45) is 0 Å². The Bertz CT molecular complexity index is 815. The monoisotopic (exact) mass is 318 g/mol. The van der Waals surface area contributed by atoms with Crippen molar-refractivity contribution in [3.05, 3.63) is 84.4 Å². The second kappa shape index (κ2) is 7.33. The molecule has 0 aromatic heterocycles. The number of carbonyl (C=O) groups excluding carboxylic acids is 1. The van der Waals surface area contributed by atoms with Crippen molar-refractivity contribution in [3.63, 3.8) is 0 Å². The fourth-order valence-electron chi connectivity index (χ4n) is 2.37. The summed E-state index contributed by atoms with van der Waals surface area (Å²) in [6.07, 6.45) is -0.481. The number of anilines is 2. The number of nitrogens with two attached hydrogens (primary N) is 1. The minimum absolute atomic E-state index is 0.241. The Balaban J connectivity index is 1.60. The van der Waals surface area contributed by atoms with Crippen molar-refractivity contribution >= 4 is 17.5 Å². The third-order valence-electron chi connectivity index (χ3n) is 3.62. The van der Waals surface area contributed by atoms with Gasteiger partial charge < -0.3 is 10.5 Å². The van der Waals surface area contributed by atoms with E-state index in [4.69, 9.17) is 10.5 Å². The Kier molecular flexibility index (Phi) is 4.77. The fraction of sp³-hybridized carbons (Fsp3) is 0.0500. The van der Waals surface area contributed by atoms with E-state index in [1.54, 1.807) is 0 Å². The summed E-state index contributed by atoms with van der Waals surface area (Å²) in [4.78, 5) is 11.8. The van der Waals surface area contributed by atoms with Crippen LogP contribution in [0.25, 0.3) is 11.1 Å². The highest BCUT2D eigenvalue weighted by Crippen LogP contribution is 2.26. The minimum Gasteiger partial charge on any atom is -0.444 e. The van der Waals surface area contributed by atoms with Crippen molar-refractivity contribution in [1.29, 1.82) is 0 Å². The van der Waals surface area contributed by atoms with E-state index in [0.29, 0.717) is 5.69 Å². The molecule has 24 heavy (non-hydrogen) atoms. The van der Waals surface area contributed by atoms with E-state index < -0.39 is 6.09 Å². The van der Waals surface area contributed by atoms with Crippen LogP contribution in [-0.2, 0) is 11.3 Å². The predicted molar refractivity (Wildman–Crippen MR) is 96.5 cm³/mol. The van der Waals surface area contributed by atoms with Gasteiger partial charge in [0.25, 0.3) is 0 Å². The van der Waals surface area contributed by atoms with Gasteiger partial charge in [0.2, 0.25) is 0 Å². The third-order valence-corrected chi connectivity index (χ3v) is 3.62. The molecule has 3 N–H and O–H groups in total. The zero-order chi connectivity index (χ0) is 16.8. The Hall–Kier alpha value is -3.27. The summed E-state index contributed by atoms with van der Waals surface area (Å²) in [5, 5.41) is 2.71. The van der Waals surface area contributed by atoms with E-state index in [1.165, 1.54) is 0 Å². The number of ether oxygens (including phenoxy) is 1. The van der Waals surface area contributed by atoms with Gasteiger partial charge in [0, 0.05) is 16.9 Å². The molecule has 0 unspecified atom stereocenters. The molecule has 0 fully saturated rings. The normalized spacial score (nSPS) is 10.2. The zero-order valence-electron chi connectivity index (χ0n) is 13.1. The molecule has 1 amide bonds. The molecular formula is C20H18N2O2. The van der Waals surface area contributed by atoms with E-state index in [9.17, 15) is 4.79 Å². The van der Waals surface area contributed by atoms with Crippen LogP contribution in [0.1, 0.15) is 5.56 Å². The molecule has 4 heteroatoms.